The Morgan fingerprint density at radius 1 is 1.03 bits per heavy atom. The number of benzene rings is 2. The lowest BCUT2D eigenvalue weighted by Gasteiger charge is -2.20. The third-order valence-corrected chi connectivity index (χ3v) is 5.09. The van der Waals surface area contributed by atoms with Crippen LogP contribution >= 0.6 is 0 Å². The number of nitrogens with two attached hydrogens (primary N) is 1. The van der Waals surface area contributed by atoms with E-state index in [-0.39, 0.29) is 36.7 Å². The Morgan fingerprint density at radius 3 is 2.24 bits per heavy atom. The molecule has 1 amide bonds. The van der Waals surface area contributed by atoms with Gasteiger partial charge in [-0.1, -0.05) is 19.1 Å². The highest BCUT2D eigenvalue weighted by molar-refractivity contribution is 5.94. The summed E-state index contributed by atoms with van der Waals surface area (Å²) in [6, 6.07) is 7.79. The minimum Gasteiger partial charge on any atom is -0.508 e. The summed E-state index contributed by atoms with van der Waals surface area (Å²) in [5.41, 5.74) is 7.84. The second-order valence-corrected chi connectivity index (χ2v) is 6.89. The van der Waals surface area contributed by atoms with Crippen LogP contribution in [0.1, 0.15) is 28.4 Å². The Labute approximate surface area is 168 Å². The van der Waals surface area contributed by atoms with Gasteiger partial charge >= 0.3 is 0 Å². The third-order valence-electron chi connectivity index (χ3n) is 5.09. The molecule has 8 nitrogen and oxygen atoms in total. The molecule has 3 rings (SSSR count). The topological polar surface area (TPSA) is 142 Å². The van der Waals surface area contributed by atoms with Gasteiger partial charge in [0.1, 0.15) is 23.7 Å². The van der Waals surface area contributed by atoms with Crippen LogP contribution < -0.4 is 5.73 Å². The lowest BCUT2D eigenvalue weighted by atomic mass is 9.89. The predicted molar refractivity (Wildman–Crippen MR) is 105 cm³/mol. The molecule has 0 radical (unpaired) electrons. The number of aliphatic hydroxyl groups is 2. The van der Waals surface area contributed by atoms with Gasteiger partial charge in [0, 0.05) is 23.6 Å². The molecule has 1 fully saturated rings. The molecule has 2 atom stereocenters. The Hall–Kier alpha value is -2.65. The van der Waals surface area contributed by atoms with Crippen molar-refractivity contribution in [3.8, 4) is 22.6 Å². The molecule has 0 unspecified atom stereocenters. The molecule has 1 aliphatic rings. The largest absolute Gasteiger partial charge is 0.508 e. The molecule has 0 bridgehead atoms. The van der Waals surface area contributed by atoms with E-state index in [0.717, 1.165) is 0 Å². The smallest absolute Gasteiger partial charge is 0.248 e. The van der Waals surface area contributed by atoms with E-state index in [0.29, 0.717) is 28.7 Å². The maximum Gasteiger partial charge on any atom is 0.248 e. The summed E-state index contributed by atoms with van der Waals surface area (Å²) in [6.45, 7) is 1.25. The number of rotatable bonds is 7. The molecule has 2 aromatic carbocycles. The van der Waals surface area contributed by atoms with E-state index in [4.69, 9.17) is 15.2 Å². The van der Waals surface area contributed by atoms with Gasteiger partial charge in [-0.25, -0.2) is 0 Å². The molecular weight excluding hydrogens is 378 g/mol. The first-order valence-corrected chi connectivity index (χ1v) is 9.39. The van der Waals surface area contributed by atoms with Crippen LogP contribution in [0, 0.1) is 0 Å². The van der Waals surface area contributed by atoms with Crippen LogP contribution in [0.3, 0.4) is 0 Å². The summed E-state index contributed by atoms with van der Waals surface area (Å²) in [7, 11) is 0. The van der Waals surface area contributed by atoms with Crippen LogP contribution in [0.2, 0.25) is 0 Å². The summed E-state index contributed by atoms with van der Waals surface area (Å²) in [6.07, 6.45) is -1.48. The number of primary amides is 1. The van der Waals surface area contributed by atoms with Crippen molar-refractivity contribution < 1.29 is 34.7 Å². The summed E-state index contributed by atoms with van der Waals surface area (Å²) in [5.74, 6) is -0.821. The average Bonchev–Trinajstić information content (AvgIpc) is 3.10. The number of hydrogen-bond donors (Lipinski definition) is 5. The maximum absolute atomic E-state index is 11.6. The Balaban J connectivity index is 2.08. The van der Waals surface area contributed by atoms with Gasteiger partial charge in [0.25, 0.3) is 0 Å². The highest BCUT2D eigenvalue weighted by atomic mass is 16.7. The zero-order chi connectivity index (χ0) is 21.1. The molecule has 0 aromatic heterocycles. The van der Waals surface area contributed by atoms with E-state index in [2.05, 4.69) is 0 Å². The molecule has 156 valence electrons. The fourth-order valence-electron chi connectivity index (χ4n) is 3.70. The summed E-state index contributed by atoms with van der Waals surface area (Å²) < 4.78 is 11.4. The van der Waals surface area contributed by atoms with Gasteiger partial charge in [-0.2, -0.15) is 0 Å². The number of carbonyl (C=O) groups excluding carboxylic acids is 1. The fraction of sp³-hybridized carbons (Fsp3) is 0.381. The standard InChI is InChI=1S/C21H25NO7/c1-2-13-14(7-19-28-17(9-23)18(10-24)29-19)20(16(26)8-15(13)25)11-4-3-5-12(6-11)21(22)27/h3-6,8,17-19,23-26H,2,7,9-10H2,1H3,(H2,22,27)/t17-,18-/m0/s1. The van der Waals surface area contributed by atoms with Crippen molar-refractivity contribution in [2.24, 2.45) is 5.73 Å². The van der Waals surface area contributed by atoms with Crippen molar-refractivity contribution in [2.75, 3.05) is 13.2 Å². The van der Waals surface area contributed by atoms with Crippen molar-refractivity contribution in [3.05, 3.63) is 47.0 Å². The predicted octanol–water partition coefficient (Wildman–Crippen LogP) is 1.06. The van der Waals surface area contributed by atoms with E-state index in [1.165, 1.54) is 6.07 Å². The van der Waals surface area contributed by atoms with Crippen molar-refractivity contribution in [2.45, 2.75) is 38.3 Å². The number of aliphatic hydroxyl groups excluding tert-OH is 2. The Kier molecular flexibility index (Phi) is 6.39. The first kappa shape index (κ1) is 21.1. The fourth-order valence-corrected chi connectivity index (χ4v) is 3.70. The Bertz CT molecular complexity index is 887. The van der Waals surface area contributed by atoms with Crippen molar-refractivity contribution >= 4 is 5.91 Å². The van der Waals surface area contributed by atoms with E-state index < -0.39 is 24.4 Å². The van der Waals surface area contributed by atoms with E-state index in [1.807, 2.05) is 6.92 Å². The van der Waals surface area contributed by atoms with Crippen molar-refractivity contribution in [1.29, 1.82) is 0 Å². The minimum atomic E-state index is -0.783. The molecule has 0 saturated carbocycles. The average molecular weight is 403 g/mol. The summed E-state index contributed by atoms with van der Waals surface area (Å²) >= 11 is 0. The normalized spacial score (nSPS) is 19.6. The number of phenolic OH excluding ortho intramolecular Hbond substituents is 2. The number of amides is 1. The SMILES string of the molecule is CCc1c(O)cc(O)c(-c2cccc(C(N)=O)c2)c1CC1O[C@@H](CO)[C@H](CO)O1. The van der Waals surface area contributed by atoms with Gasteiger partial charge in [-0.05, 0) is 35.2 Å². The lowest BCUT2D eigenvalue weighted by Crippen LogP contribution is -2.29. The molecule has 0 spiro atoms. The maximum atomic E-state index is 11.6. The minimum absolute atomic E-state index is 0.0646. The van der Waals surface area contributed by atoms with Crippen LogP contribution in [-0.4, -0.2) is 58.0 Å². The first-order chi connectivity index (χ1) is 13.9. The molecule has 1 aliphatic heterocycles. The molecule has 1 saturated heterocycles. The van der Waals surface area contributed by atoms with Crippen LogP contribution in [0.15, 0.2) is 30.3 Å². The van der Waals surface area contributed by atoms with Gasteiger partial charge < -0.3 is 35.6 Å². The molecular formula is C21H25NO7. The van der Waals surface area contributed by atoms with Crippen molar-refractivity contribution in [1.82, 2.24) is 0 Å². The lowest BCUT2D eigenvalue weighted by molar-refractivity contribution is -0.0725. The number of ether oxygens (including phenoxy) is 2. The second kappa shape index (κ2) is 8.79. The van der Waals surface area contributed by atoms with Crippen LogP contribution in [-0.2, 0) is 22.3 Å². The van der Waals surface area contributed by atoms with Crippen LogP contribution in [0.4, 0.5) is 0 Å². The Morgan fingerprint density at radius 2 is 1.69 bits per heavy atom. The quantitative estimate of drug-likeness (QED) is 0.465. The number of carbonyl (C=O) groups is 1. The third kappa shape index (κ3) is 4.20. The van der Waals surface area contributed by atoms with Gasteiger partial charge in [-0.3, -0.25) is 4.79 Å². The molecule has 0 aliphatic carbocycles. The zero-order valence-electron chi connectivity index (χ0n) is 16.0. The highest BCUT2D eigenvalue weighted by Crippen LogP contribution is 2.41. The number of phenols is 2. The highest BCUT2D eigenvalue weighted by Gasteiger charge is 2.36. The first-order valence-electron chi connectivity index (χ1n) is 9.39. The van der Waals surface area contributed by atoms with Gasteiger partial charge in [-0.15, -0.1) is 0 Å². The second-order valence-electron chi connectivity index (χ2n) is 6.89. The van der Waals surface area contributed by atoms with Gasteiger partial charge in [0.15, 0.2) is 6.29 Å². The zero-order valence-corrected chi connectivity index (χ0v) is 16.0. The molecule has 2 aromatic rings. The summed E-state index contributed by atoms with van der Waals surface area (Å²) in [4.78, 5) is 11.6. The van der Waals surface area contributed by atoms with Crippen LogP contribution in [0.25, 0.3) is 11.1 Å². The molecule has 6 N–H and O–H groups in total. The van der Waals surface area contributed by atoms with Gasteiger partial charge in [0.2, 0.25) is 5.91 Å². The molecule has 8 heteroatoms. The van der Waals surface area contributed by atoms with Gasteiger partial charge in [0.05, 0.1) is 13.2 Å². The molecule has 29 heavy (non-hydrogen) atoms. The monoisotopic (exact) mass is 403 g/mol. The number of hydrogen-bond acceptors (Lipinski definition) is 7. The van der Waals surface area contributed by atoms with E-state index in [1.54, 1.807) is 24.3 Å². The summed E-state index contributed by atoms with van der Waals surface area (Å²) in [5, 5.41) is 39.8. The van der Waals surface area contributed by atoms with E-state index in [9.17, 15) is 25.2 Å². The van der Waals surface area contributed by atoms with Crippen LogP contribution in [0.5, 0.6) is 11.5 Å². The van der Waals surface area contributed by atoms with Crippen molar-refractivity contribution in [3.63, 3.8) is 0 Å². The number of aromatic hydroxyl groups is 2. The van der Waals surface area contributed by atoms with E-state index >= 15 is 0 Å². The molecule has 1 heterocycles.